The number of nitrogens with zero attached hydrogens (tertiary/aromatic N) is 2. The quantitative estimate of drug-likeness (QED) is 0.225. The highest BCUT2D eigenvalue weighted by Gasteiger charge is 2.26. The van der Waals surface area contributed by atoms with Gasteiger partial charge in [0.05, 0.1) is 6.04 Å². The first-order valence-electron chi connectivity index (χ1n) is 14.8. The van der Waals surface area contributed by atoms with Crippen LogP contribution in [0.15, 0.2) is 109 Å². The van der Waals surface area contributed by atoms with Gasteiger partial charge < -0.3 is 15.0 Å². The summed E-state index contributed by atoms with van der Waals surface area (Å²) in [5.74, 6) is 0.493. The van der Waals surface area contributed by atoms with E-state index in [2.05, 4.69) is 70.9 Å². The average Bonchev–Trinajstić information content (AvgIpc) is 3.02. The summed E-state index contributed by atoms with van der Waals surface area (Å²) in [7, 11) is 3.76. The van der Waals surface area contributed by atoms with E-state index < -0.39 is 0 Å². The van der Waals surface area contributed by atoms with E-state index >= 15 is 0 Å². The molecule has 1 aliphatic rings. The average molecular weight is 566 g/mol. The van der Waals surface area contributed by atoms with Crippen molar-refractivity contribution in [1.82, 2.24) is 15.1 Å². The topological polar surface area (TPSA) is 44.8 Å². The lowest BCUT2D eigenvalue weighted by Crippen LogP contribution is -2.43. The van der Waals surface area contributed by atoms with Crippen molar-refractivity contribution in [3.05, 3.63) is 137 Å². The molecule has 1 N–H and O–H groups in total. The fourth-order valence-corrected chi connectivity index (χ4v) is 5.82. The largest absolute Gasteiger partial charge is 0.489 e. The van der Waals surface area contributed by atoms with Crippen LogP contribution in [-0.2, 0) is 0 Å². The number of hydrogen-bond donors (Lipinski definition) is 1. The zero-order valence-electron chi connectivity index (χ0n) is 24.5. The highest BCUT2D eigenvalue weighted by molar-refractivity contribution is 5.94. The monoisotopic (exact) mass is 565 g/mol. The number of rotatable bonds is 11. The SMILES string of the molecule is CN(C)C(CNC(=O)c1cccc(OC2CCCN(CC(c3ccccc3)c3ccccc3)C2)c1)c1ccccc1F. The van der Waals surface area contributed by atoms with Crippen LogP contribution >= 0.6 is 0 Å². The molecule has 0 radical (unpaired) electrons. The molecule has 218 valence electrons. The lowest BCUT2D eigenvalue weighted by Gasteiger charge is -2.35. The number of likely N-dealkylation sites (N-methyl/N-ethyl adjacent to an activating group) is 1. The van der Waals surface area contributed by atoms with Crippen LogP contribution < -0.4 is 10.1 Å². The third kappa shape index (κ3) is 7.64. The normalized spacial score (nSPS) is 16.4. The molecule has 6 heteroatoms. The Bertz CT molecular complexity index is 1390. The second kappa shape index (κ2) is 14.3. The van der Waals surface area contributed by atoms with Gasteiger partial charge in [0.15, 0.2) is 0 Å². The van der Waals surface area contributed by atoms with Crippen molar-refractivity contribution in [2.75, 3.05) is 40.3 Å². The molecule has 1 saturated heterocycles. The molecule has 1 heterocycles. The molecule has 4 aromatic carbocycles. The van der Waals surface area contributed by atoms with Crippen LogP contribution in [0.5, 0.6) is 5.75 Å². The molecule has 5 rings (SSSR count). The minimum atomic E-state index is -0.279. The number of halogens is 1. The van der Waals surface area contributed by atoms with Crippen molar-refractivity contribution < 1.29 is 13.9 Å². The first-order valence-corrected chi connectivity index (χ1v) is 14.8. The van der Waals surface area contributed by atoms with Crippen LogP contribution in [0.25, 0.3) is 0 Å². The highest BCUT2D eigenvalue weighted by Crippen LogP contribution is 2.28. The zero-order valence-corrected chi connectivity index (χ0v) is 24.5. The van der Waals surface area contributed by atoms with Gasteiger partial charge in [0.25, 0.3) is 5.91 Å². The fourth-order valence-electron chi connectivity index (χ4n) is 5.82. The number of nitrogens with one attached hydrogen (secondary N) is 1. The Morgan fingerprint density at radius 1 is 0.929 bits per heavy atom. The van der Waals surface area contributed by atoms with Crippen molar-refractivity contribution in [3.63, 3.8) is 0 Å². The van der Waals surface area contributed by atoms with E-state index in [1.165, 1.54) is 17.2 Å². The molecule has 1 amide bonds. The summed E-state index contributed by atoms with van der Waals surface area (Å²) in [6, 6.07) is 35.2. The number of benzene rings is 4. The van der Waals surface area contributed by atoms with Gasteiger partial charge >= 0.3 is 0 Å². The zero-order chi connectivity index (χ0) is 29.3. The van der Waals surface area contributed by atoms with Gasteiger partial charge in [-0.1, -0.05) is 84.9 Å². The second-order valence-electron chi connectivity index (χ2n) is 11.3. The molecule has 0 aromatic heterocycles. The van der Waals surface area contributed by atoms with Gasteiger partial charge in [-0.25, -0.2) is 4.39 Å². The standard InChI is InChI=1S/C36H40FN3O2/c1-39(2)35(32-20-9-10-21-34(32)37)24-38-36(41)29-17-11-18-30(23-29)42-31-19-12-22-40(25-31)26-33(27-13-5-3-6-14-27)28-15-7-4-8-16-28/h3-11,13-18,20-21,23,31,33,35H,12,19,22,24-26H2,1-2H3,(H,38,41). The van der Waals surface area contributed by atoms with Gasteiger partial charge in [-0.05, 0) is 68.9 Å². The molecular formula is C36H40FN3O2. The third-order valence-corrected chi connectivity index (χ3v) is 8.05. The summed E-state index contributed by atoms with van der Waals surface area (Å²) in [5, 5.41) is 2.99. The first-order chi connectivity index (χ1) is 20.5. The molecular weight excluding hydrogens is 525 g/mol. The maximum atomic E-state index is 14.4. The summed E-state index contributed by atoms with van der Waals surface area (Å²) in [6.07, 6.45) is 2.08. The number of likely N-dealkylation sites (tertiary alicyclic amines) is 1. The molecule has 0 aliphatic carbocycles. The van der Waals surface area contributed by atoms with Gasteiger partial charge in [0.2, 0.25) is 0 Å². The van der Waals surface area contributed by atoms with Crippen molar-refractivity contribution in [2.45, 2.75) is 30.9 Å². The predicted octanol–water partition coefficient (Wildman–Crippen LogP) is 6.53. The molecule has 5 nitrogen and oxygen atoms in total. The Labute approximate surface area is 248 Å². The Morgan fingerprint density at radius 3 is 2.26 bits per heavy atom. The third-order valence-electron chi connectivity index (χ3n) is 8.05. The number of piperidine rings is 1. The summed E-state index contributed by atoms with van der Waals surface area (Å²) in [6.45, 7) is 3.08. The number of amides is 1. The highest BCUT2D eigenvalue weighted by atomic mass is 19.1. The van der Waals surface area contributed by atoms with Crippen LogP contribution in [0.1, 0.15) is 51.8 Å². The maximum Gasteiger partial charge on any atom is 0.251 e. The van der Waals surface area contributed by atoms with E-state index in [9.17, 15) is 9.18 Å². The maximum absolute atomic E-state index is 14.4. The Morgan fingerprint density at radius 2 is 1.60 bits per heavy atom. The summed E-state index contributed by atoms with van der Waals surface area (Å²) in [5.41, 5.74) is 3.72. The molecule has 1 fully saturated rings. The smallest absolute Gasteiger partial charge is 0.251 e. The predicted molar refractivity (Wildman–Crippen MR) is 166 cm³/mol. The summed E-state index contributed by atoms with van der Waals surface area (Å²) >= 11 is 0. The molecule has 2 atom stereocenters. The van der Waals surface area contributed by atoms with Crippen LogP contribution in [0, 0.1) is 5.82 Å². The molecule has 0 bridgehead atoms. The summed E-state index contributed by atoms with van der Waals surface area (Å²) in [4.78, 5) is 17.5. The minimum absolute atomic E-state index is 0.0448. The van der Waals surface area contributed by atoms with E-state index in [1.54, 1.807) is 24.3 Å². The van der Waals surface area contributed by atoms with E-state index in [-0.39, 0.29) is 29.8 Å². The van der Waals surface area contributed by atoms with Gasteiger partial charge in [-0.2, -0.15) is 0 Å². The minimum Gasteiger partial charge on any atom is -0.489 e. The van der Waals surface area contributed by atoms with Gasteiger partial charge in [0, 0.05) is 36.7 Å². The molecule has 42 heavy (non-hydrogen) atoms. The van der Waals surface area contributed by atoms with Crippen molar-refractivity contribution in [2.24, 2.45) is 0 Å². The number of carbonyl (C=O) groups excluding carboxylic acids is 1. The van der Waals surface area contributed by atoms with Gasteiger partial charge in [0.1, 0.15) is 17.7 Å². The molecule has 4 aromatic rings. The van der Waals surface area contributed by atoms with Crippen LogP contribution in [0.4, 0.5) is 4.39 Å². The lowest BCUT2D eigenvalue weighted by atomic mass is 9.90. The first kappa shape index (κ1) is 29.5. The lowest BCUT2D eigenvalue weighted by molar-refractivity contribution is 0.0860. The molecule has 0 saturated carbocycles. The van der Waals surface area contributed by atoms with Crippen LogP contribution in [0.3, 0.4) is 0 Å². The molecule has 2 unspecified atom stereocenters. The van der Waals surface area contributed by atoms with Crippen LogP contribution in [-0.4, -0.2) is 62.1 Å². The van der Waals surface area contributed by atoms with Crippen LogP contribution in [0.2, 0.25) is 0 Å². The Kier molecular flexibility index (Phi) is 10.0. The number of hydrogen-bond acceptors (Lipinski definition) is 4. The number of ether oxygens (including phenoxy) is 1. The van der Waals surface area contributed by atoms with Crippen molar-refractivity contribution in [3.8, 4) is 5.75 Å². The number of carbonyl (C=O) groups is 1. The van der Waals surface area contributed by atoms with E-state index in [0.29, 0.717) is 23.4 Å². The molecule has 1 aliphatic heterocycles. The van der Waals surface area contributed by atoms with E-state index in [4.69, 9.17) is 4.74 Å². The van der Waals surface area contributed by atoms with Gasteiger partial charge in [-0.15, -0.1) is 0 Å². The van der Waals surface area contributed by atoms with E-state index in [0.717, 1.165) is 32.5 Å². The van der Waals surface area contributed by atoms with Crippen molar-refractivity contribution in [1.29, 1.82) is 0 Å². The van der Waals surface area contributed by atoms with Crippen molar-refractivity contribution >= 4 is 5.91 Å². The summed E-state index contributed by atoms with van der Waals surface area (Å²) < 4.78 is 20.9. The Hall–Kier alpha value is -4.00. The van der Waals surface area contributed by atoms with E-state index in [1.807, 2.05) is 37.2 Å². The van der Waals surface area contributed by atoms with Gasteiger partial charge in [-0.3, -0.25) is 9.69 Å². The Balaban J connectivity index is 1.21. The second-order valence-corrected chi connectivity index (χ2v) is 11.3. The fraction of sp³-hybridized carbons (Fsp3) is 0.306. The molecule has 0 spiro atoms.